The highest BCUT2D eigenvalue weighted by molar-refractivity contribution is 7.91. The van der Waals surface area contributed by atoms with Crippen molar-refractivity contribution in [1.29, 1.82) is 0 Å². The molecular formula is C11H11N3O3S2. The van der Waals surface area contributed by atoms with Crippen LogP contribution in [-0.4, -0.2) is 24.4 Å². The lowest BCUT2D eigenvalue weighted by Crippen LogP contribution is -2.11. The summed E-state index contributed by atoms with van der Waals surface area (Å²) in [5.74, 6) is -0.138. The number of carbonyl (C=O) groups is 1. The number of ketones is 1. The molecule has 0 aliphatic carbocycles. The van der Waals surface area contributed by atoms with E-state index in [4.69, 9.17) is 5.14 Å². The van der Waals surface area contributed by atoms with E-state index >= 15 is 0 Å². The number of sulfonamides is 1. The molecule has 100 valence electrons. The van der Waals surface area contributed by atoms with Crippen molar-refractivity contribution < 1.29 is 13.2 Å². The molecule has 0 fully saturated rings. The summed E-state index contributed by atoms with van der Waals surface area (Å²) in [6.07, 6.45) is 0.0106. The van der Waals surface area contributed by atoms with Gasteiger partial charge in [-0.25, -0.2) is 13.6 Å². The lowest BCUT2D eigenvalue weighted by atomic mass is 10.1. The molecule has 0 atom stereocenters. The maximum atomic E-state index is 12.0. The van der Waals surface area contributed by atoms with Crippen LogP contribution in [0.1, 0.15) is 20.9 Å². The number of nitrogens with two attached hydrogens (primary N) is 1. The van der Waals surface area contributed by atoms with E-state index in [0.29, 0.717) is 10.6 Å². The van der Waals surface area contributed by atoms with Crippen molar-refractivity contribution in [3.8, 4) is 0 Å². The molecular weight excluding hydrogens is 286 g/mol. The van der Waals surface area contributed by atoms with Gasteiger partial charge in [-0.3, -0.25) is 4.79 Å². The minimum absolute atomic E-state index is 0.0106. The Bertz CT molecular complexity index is 722. The second-order valence-electron chi connectivity index (χ2n) is 3.98. The summed E-state index contributed by atoms with van der Waals surface area (Å²) in [7, 11) is -3.86. The van der Waals surface area contributed by atoms with Crippen LogP contribution in [0.3, 0.4) is 0 Å². The lowest BCUT2D eigenvalue weighted by molar-refractivity contribution is 0.0992. The van der Waals surface area contributed by atoms with E-state index < -0.39 is 10.0 Å². The summed E-state index contributed by atoms with van der Waals surface area (Å²) in [5, 5.41) is 12.4. The number of hydrogen-bond donors (Lipinski definition) is 1. The Kier molecular flexibility index (Phi) is 3.74. The van der Waals surface area contributed by atoms with Crippen LogP contribution in [0.4, 0.5) is 0 Å². The highest BCUT2D eigenvalue weighted by Gasteiger charge is 2.17. The fraction of sp³-hybridized carbons (Fsp3) is 0.182. The van der Waals surface area contributed by atoms with Crippen LogP contribution in [0.15, 0.2) is 28.6 Å². The van der Waals surface area contributed by atoms with Gasteiger partial charge in [0.05, 0.1) is 6.42 Å². The number of Topliss-reactive ketones (excluding diaryl/α,β-unsaturated/α-hetero) is 1. The molecule has 1 aromatic carbocycles. The normalized spacial score (nSPS) is 11.5. The zero-order valence-electron chi connectivity index (χ0n) is 10.0. The van der Waals surface area contributed by atoms with Crippen molar-refractivity contribution in [3.63, 3.8) is 0 Å². The third-order valence-electron chi connectivity index (χ3n) is 2.34. The summed E-state index contributed by atoms with van der Waals surface area (Å²) in [5.41, 5.74) is 1.54. The van der Waals surface area contributed by atoms with Crippen molar-refractivity contribution in [3.05, 3.63) is 40.4 Å². The highest BCUT2D eigenvalue weighted by Crippen LogP contribution is 2.16. The third kappa shape index (κ3) is 3.43. The second-order valence-corrected chi connectivity index (χ2v) is 6.77. The van der Waals surface area contributed by atoms with Gasteiger partial charge < -0.3 is 0 Å². The Hall–Kier alpha value is -1.64. The first-order valence-corrected chi connectivity index (χ1v) is 7.67. The first-order valence-electron chi connectivity index (χ1n) is 5.31. The van der Waals surface area contributed by atoms with Crippen LogP contribution in [-0.2, 0) is 16.4 Å². The first kappa shape index (κ1) is 13.8. The molecule has 6 nitrogen and oxygen atoms in total. The summed E-state index contributed by atoms with van der Waals surface area (Å²) in [6, 6.07) is 7.15. The number of aryl methyl sites for hydroxylation is 1. The molecule has 2 N–H and O–H groups in total. The molecule has 2 rings (SSSR count). The van der Waals surface area contributed by atoms with E-state index in [9.17, 15) is 13.2 Å². The average Bonchev–Trinajstić information content (AvgIpc) is 2.77. The van der Waals surface area contributed by atoms with Crippen LogP contribution < -0.4 is 5.14 Å². The van der Waals surface area contributed by atoms with E-state index in [0.717, 1.165) is 16.9 Å². The average molecular weight is 297 g/mol. The molecule has 0 radical (unpaired) electrons. The minimum Gasteiger partial charge on any atom is -0.294 e. The molecule has 1 aromatic heterocycles. The van der Waals surface area contributed by atoms with Gasteiger partial charge in [0.1, 0.15) is 5.01 Å². The molecule has 0 aliphatic heterocycles. The molecule has 0 amide bonds. The number of benzene rings is 1. The smallest absolute Gasteiger partial charge is 0.267 e. The van der Waals surface area contributed by atoms with Crippen molar-refractivity contribution in [2.24, 2.45) is 5.14 Å². The predicted octanol–water partition coefficient (Wildman–Crippen LogP) is 0.919. The van der Waals surface area contributed by atoms with Crippen LogP contribution in [0.25, 0.3) is 0 Å². The quantitative estimate of drug-likeness (QED) is 0.845. The van der Waals surface area contributed by atoms with Crippen LogP contribution in [0, 0.1) is 6.92 Å². The summed E-state index contributed by atoms with van der Waals surface area (Å²) >= 11 is 0.811. The maximum absolute atomic E-state index is 12.0. The minimum atomic E-state index is -3.86. The largest absolute Gasteiger partial charge is 0.294 e. The summed E-state index contributed by atoms with van der Waals surface area (Å²) in [4.78, 5) is 12.0. The number of primary sulfonamides is 1. The molecule has 0 aliphatic rings. The van der Waals surface area contributed by atoms with Crippen LogP contribution >= 0.6 is 11.3 Å². The van der Waals surface area contributed by atoms with E-state index in [2.05, 4.69) is 10.2 Å². The van der Waals surface area contributed by atoms with Gasteiger partial charge in [0.25, 0.3) is 10.0 Å². The molecule has 2 aromatic rings. The van der Waals surface area contributed by atoms with Gasteiger partial charge in [-0.2, -0.15) is 0 Å². The van der Waals surface area contributed by atoms with Crippen molar-refractivity contribution in [2.45, 2.75) is 17.7 Å². The summed E-state index contributed by atoms with van der Waals surface area (Å²) < 4.78 is 21.8. The van der Waals surface area contributed by atoms with E-state index in [1.807, 2.05) is 13.0 Å². The Labute approximate surface area is 114 Å². The molecule has 1 heterocycles. The van der Waals surface area contributed by atoms with Crippen molar-refractivity contribution in [2.75, 3.05) is 0 Å². The molecule has 0 spiro atoms. The summed E-state index contributed by atoms with van der Waals surface area (Å²) in [6.45, 7) is 1.89. The molecule has 19 heavy (non-hydrogen) atoms. The molecule has 8 heteroatoms. The van der Waals surface area contributed by atoms with Gasteiger partial charge in [-0.05, 0) is 13.0 Å². The Balaban J connectivity index is 2.18. The number of nitrogens with zero attached hydrogens (tertiary/aromatic N) is 2. The molecule has 0 saturated heterocycles. The topological polar surface area (TPSA) is 103 Å². The maximum Gasteiger partial charge on any atom is 0.267 e. The third-order valence-corrected chi connectivity index (χ3v) is 4.58. The SMILES string of the molecule is Cc1cccc(C(=O)Cc2nnc(S(N)(=O)=O)s2)c1. The van der Waals surface area contributed by atoms with E-state index in [1.165, 1.54) is 0 Å². The van der Waals surface area contributed by atoms with Gasteiger partial charge in [-0.15, -0.1) is 10.2 Å². The van der Waals surface area contributed by atoms with E-state index in [1.54, 1.807) is 18.2 Å². The fourth-order valence-electron chi connectivity index (χ4n) is 1.48. The Morgan fingerprint density at radius 2 is 2.11 bits per heavy atom. The number of aromatic nitrogens is 2. The zero-order valence-corrected chi connectivity index (χ0v) is 11.7. The van der Waals surface area contributed by atoms with Crippen molar-refractivity contribution in [1.82, 2.24) is 10.2 Å². The number of rotatable bonds is 4. The van der Waals surface area contributed by atoms with Gasteiger partial charge in [0.2, 0.25) is 4.34 Å². The van der Waals surface area contributed by atoms with Crippen molar-refractivity contribution >= 4 is 27.1 Å². The molecule has 0 bridgehead atoms. The monoisotopic (exact) mass is 297 g/mol. The fourth-order valence-corrected chi connectivity index (χ4v) is 2.96. The van der Waals surface area contributed by atoms with Gasteiger partial charge in [0.15, 0.2) is 5.78 Å². The molecule has 0 unspecified atom stereocenters. The van der Waals surface area contributed by atoms with Gasteiger partial charge >= 0.3 is 0 Å². The first-order chi connectivity index (χ1) is 8.86. The Morgan fingerprint density at radius 3 is 2.68 bits per heavy atom. The van der Waals surface area contributed by atoms with Gasteiger partial charge in [-0.1, -0.05) is 35.1 Å². The number of carbonyl (C=O) groups excluding carboxylic acids is 1. The highest BCUT2D eigenvalue weighted by atomic mass is 32.2. The Morgan fingerprint density at radius 1 is 1.37 bits per heavy atom. The van der Waals surface area contributed by atoms with Crippen LogP contribution in [0.5, 0.6) is 0 Å². The zero-order chi connectivity index (χ0) is 14.0. The second kappa shape index (κ2) is 5.16. The van der Waals surface area contributed by atoms with Gasteiger partial charge in [0, 0.05) is 5.56 Å². The van der Waals surface area contributed by atoms with Crippen LogP contribution in [0.2, 0.25) is 0 Å². The number of hydrogen-bond acceptors (Lipinski definition) is 6. The van der Waals surface area contributed by atoms with E-state index in [-0.39, 0.29) is 16.5 Å². The predicted molar refractivity (Wildman–Crippen MR) is 70.5 cm³/mol. The molecule has 0 saturated carbocycles. The lowest BCUT2D eigenvalue weighted by Gasteiger charge is -1.99. The standard InChI is InChI=1S/C11H11N3O3S2/c1-7-3-2-4-8(5-7)9(15)6-10-13-14-11(18-10)19(12,16)17/h2-5H,6H2,1H3,(H2,12,16,17).